The van der Waals surface area contributed by atoms with Crippen LogP contribution in [0.2, 0.25) is 0 Å². The molecule has 4 atom stereocenters. The Morgan fingerprint density at radius 1 is 0.695 bits per heavy atom. The number of rotatable bonds is 14. The molecule has 4 heterocycles. The summed E-state index contributed by atoms with van der Waals surface area (Å²) < 4.78 is 0. The Kier molecular flexibility index (Phi) is 12.2. The summed E-state index contributed by atoms with van der Waals surface area (Å²) in [5, 5.41) is 0. The Bertz CT molecular complexity index is 2360. The molecule has 1 fully saturated rings. The van der Waals surface area contributed by atoms with E-state index in [1.54, 1.807) is 0 Å². The molecule has 2 amide bonds. The molecule has 0 spiro atoms. The van der Waals surface area contributed by atoms with Gasteiger partial charge in [-0.25, -0.2) is 9.97 Å². The van der Waals surface area contributed by atoms with E-state index in [0.717, 1.165) is 108 Å². The number of likely N-dealkylation sites (N-methyl/N-ethyl adjacent to an activating group) is 2. The molecule has 2 N–H and O–H groups in total. The molecule has 1 unspecified atom stereocenters. The van der Waals surface area contributed by atoms with Gasteiger partial charge >= 0.3 is 0 Å². The van der Waals surface area contributed by atoms with Gasteiger partial charge in [0.2, 0.25) is 11.8 Å². The maximum atomic E-state index is 14.4. The number of hydrogen-bond donors (Lipinski definition) is 2. The summed E-state index contributed by atoms with van der Waals surface area (Å²) in [6, 6.07) is 34.0. The highest BCUT2D eigenvalue weighted by Crippen LogP contribution is 2.37. The van der Waals surface area contributed by atoms with E-state index in [1.165, 1.54) is 0 Å². The lowest BCUT2D eigenvalue weighted by Gasteiger charge is -2.37. The van der Waals surface area contributed by atoms with Crippen molar-refractivity contribution in [3.63, 3.8) is 0 Å². The van der Waals surface area contributed by atoms with E-state index in [1.807, 2.05) is 52.4 Å². The van der Waals surface area contributed by atoms with Crippen LogP contribution >= 0.6 is 0 Å². The van der Waals surface area contributed by atoms with Crippen molar-refractivity contribution in [2.75, 3.05) is 39.3 Å². The number of H-pyrrole nitrogens is 2. The van der Waals surface area contributed by atoms with Crippen LogP contribution in [0, 0.1) is 0 Å². The molecule has 0 bridgehead atoms. The van der Waals surface area contributed by atoms with Crippen molar-refractivity contribution >= 4 is 22.8 Å². The maximum Gasteiger partial charge on any atom is 0.245 e. The van der Waals surface area contributed by atoms with Crippen molar-refractivity contribution in [3.05, 3.63) is 144 Å². The molecule has 8 rings (SSSR count). The molecule has 2 aliphatic rings. The lowest BCUT2D eigenvalue weighted by Crippen LogP contribution is -2.45. The average Bonchev–Trinajstić information content (AvgIpc) is 4.08. The third kappa shape index (κ3) is 8.12. The first-order valence-corrected chi connectivity index (χ1v) is 21.4. The number of nitrogens with one attached hydrogen (secondary N) is 2. The van der Waals surface area contributed by atoms with Gasteiger partial charge in [-0.3, -0.25) is 19.4 Å². The van der Waals surface area contributed by atoms with Gasteiger partial charge in [0.1, 0.15) is 29.8 Å². The molecule has 0 saturated carbocycles. The lowest BCUT2D eigenvalue weighted by molar-refractivity contribution is -0.139. The van der Waals surface area contributed by atoms with E-state index >= 15 is 0 Å². The summed E-state index contributed by atoms with van der Waals surface area (Å²) in [7, 11) is 0. The molecular formula is C49H56N8O2. The van der Waals surface area contributed by atoms with Gasteiger partial charge in [0, 0.05) is 13.1 Å². The van der Waals surface area contributed by atoms with E-state index < -0.39 is 0 Å². The second-order valence-corrected chi connectivity index (χ2v) is 15.6. The normalized spacial score (nSPS) is 17.9. The Morgan fingerprint density at radius 3 is 1.92 bits per heavy atom. The molecule has 0 aliphatic carbocycles. The van der Waals surface area contributed by atoms with Gasteiger partial charge in [0.25, 0.3) is 0 Å². The SMILES string of the molecule is CCN(CC)C(C(=O)N1CCC[C@H]1c1ncc(-c2ccc(-c3ccc4nc([C@@H]5C=CCCN5C(=O)[C@@H](c5ccccc5)N(CC)CC)[nH]c4c3)cc2)[nH]1)c1ccccc1. The Balaban J connectivity index is 0.993. The van der Waals surface area contributed by atoms with Crippen LogP contribution < -0.4 is 0 Å². The van der Waals surface area contributed by atoms with Crippen molar-refractivity contribution in [3.8, 4) is 22.4 Å². The van der Waals surface area contributed by atoms with E-state index in [9.17, 15) is 9.59 Å². The monoisotopic (exact) mass is 788 g/mol. The molecule has 59 heavy (non-hydrogen) atoms. The van der Waals surface area contributed by atoms with Gasteiger partial charge in [-0.15, -0.1) is 0 Å². The first kappa shape index (κ1) is 40.0. The number of likely N-dealkylation sites (tertiary alicyclic amines) is 1. The van der Waals surface area contributed by atoms with Gasteiger partial charge in [0.15, 0.2) is 0 Å². The number of nitrogens with zero attached hydrogens (tertiary/aromatic N) is 6. The summed E-state index contributed by atoms with van der Waals surface area (Å²) in [6.45, 7) is 13.0. The summed E-state index contributed by atoms with van der Waals surface area (Å²) >= 11 is 0. The van der Waals surface area contributed by atoms with Crippen LogP contribution in [0.1, 0.15) is 93.9 Å². The number of amides is 2. The molecule has 2 aliphatic heterocycles. The molecule has 304 valence electrons. The van der Waals surface area contributed by atoms with Crippen LogP contribution in [-0.2, 0) is 9.59 Å². The molecule has 2 aromatic heterocycles. The third-order valence-corrected chi connectivity index (χ3v) is 12.3. The van der Waals surface area contributed by atoms with E-state index in [-0.39, 0.29) is 36.0 Å². The smallest absolute Gasteiger partial charge is 0.245 e. The molecule has 4 aromatic carbocycles. The average molecular weight is 789 g/mol. The number of carbonyl (C=O) groups is 2. The summed E-state index contributed by atoms with van der Waals surface area (Å²) in [4.78, 5) is 54.2. The van der Waals surface area contributed by atoms with Crippen molar-refractivity contribution in [2.45, 2.75) is 71.1 Å². The van der Waals surface area contributed by atoms with Gasteiger partial charge in [-0.1, -0.05) is 131 Å². The zero-order valence-corrected chi connectivity index (χ0v) is 34.7. The molecule has 1 saturated heterocycles. The summed E-state index contributed by atoms with van der Waals surface area (Å²) in [6.07, 6.45) is 8.80. The molecular weight excluding hydrogens is 733 g/mol. The minimum atomic E-state index is -0.357. The number of carbonyl (C=O) groups excluding carboxylic acids is 2. The minimum absolute atomic E-state index is 0.0923. The zero-order chi connectivity index (χ0) is 40.9. The highest BCUT2D eigenvalue weighted by atomic mass is 16.2. The maximum absolute atomic E-state index is 14.4. The lowest BCUT2D eigenvalue weighted by atomic mass is 10.0. The Morgan fingerprint density at radius 2 is 1.29 bits per heavy atom. The third-order valence-electron chi connectivity index (χ3n) is 12.3. The van der Waals surface area contributed by atoms with Crippen molar-refractivity contribution in [2.24, 2.45) is 0 Å². The number of imidazole rings is 2. The largest absolute Gasteiger partial charge is 0.340 e. The summed E-state index contributed by atoms with van der Waals surface area (Å²) in [5.74, 6) is 1.84. The van der Waals surface area contributed by atoms with Crippen LogP contribution in [-0.4, -0.2) is 90.6 Å². The molecule has 10 nitrogen and oxygen atoms in total. The summed E-state index contributed by atoms with van der Waals surface area (Å²) in [5.41, 5.74) is 7.96. The predicted molar refractivity (Wildman–Crippen MR) is 235 cm³/mol. The first-order valence-electron chi connectivity index (χ1n) is 21.4. The topological polar surface area (TPSA) is 104 Å². The Labute approximate surface area is 348 Å². The second-order valence-electron chi connectivity index (χ2n) is 15.6. The highest BCUT2D eigenvalue weighted by Gasteiger charge is 2.38. The van der Waals surface area contributed by atoms with E-state index in [4.69, 9.17) is 9.97 Å². The number of benzene rings is 4. The van der Waals surface area contributed by atoms with Crippen LogP contribution in [0.15, 0.2) is 121 Å². The van der Waals surface area contributed by atoms with Crippen molar-refractivity contribution in [1.82, 2.24) is 39.5 Å². The number of fused-ring (bicyclic) bond motifs is 1. The van der Waals surface area contributed by atoms with Crippen molar-refractivity contribution < 1.29 is 9.59 Å². The number of aromatic amines is 2. The van der Waals surface area contributed by atoms with Gasteiger partial charge in [-0.2, -0.15) is 0 Å². The van der Waals surface area contributed by atoms with E-state index in [0.29, 0.717) is 6.54 Å². The molecule has 6 aromatic rings. The molecule has 10 heteroatoms. The quantitative estimate of drug-likeness (QED) is 0.107. The molecule has 0 radical (unpaired) electrons. The van der Waals surface area contributed by atoms with E-state index in [2.05, 4.69) is 126 Å². The predicted octanol–water partition coefficient (Wildman–Crippen LogP) is 9.28. The fraction of sp³-hybridized carbons (Fsp3) is 0.347. The second kappa shape index (κ2) is 18.0. The van der Waals surface area contributed by atoms with Crippen LogP contribution in [0.25, 0.3) is 33.4 Å². The standard InChI is InChI=1S/C49H56N8O2/c1-5-54(6-2)44(36-18-11-9-12-19-36)48(58)56-30-16-15-22-43(56)47-51-39-29-28-38(32-40(39)52-47)34-24-26-35(27-25-34)41-33-50-46(53-41)42-23-17-31-57(42)49(59)45(55(7-3)8-4)37-20-13-10-14-21-37/h9-15,18-22,24-29,32-33,42-45H,5-8,16-17,23,30-31H2,1-4H3,(H,50,53)(H,51,52)/t42-,43-,44+,45?/m0/s1. The number of hydrogen-bond acceptors (Lipinski definition) is 6. The van der Waals surface area contributed by atoms with Crippen LogP contribution in [0.4, 0.5) is 0 Å². The number of aromatic nitrogens is 4. The van der Waals surface area contributed by atoms with Gasteiger partial charge < -0.3 is 19.8 Å². The Hall–Kier alpha value is -5.84. The van der Waals surface area contributed by atoms with Crippen LogP contribution in [0.3, 0.4) is 0 Å². The van der Waals surface area contributed by atoms with Crippen LogP contribution in [0.5, 0.6) is 0 Å². The highest BCUT2D eigenvalue weighted by molar-refractivity contribution is 5.86. The van der Waals surface area contributed by atoms with Gasteiger partial charge in [0.05, 0.1) is 29.0 Å². The fourth-order valence-corrected chi connectivity index (χ4v) is 9.11. The first-order chi connectivity index (χ1) is 28.9. The zero-order valence-electron chi connectivity index (χ0n) is 34.7. The fourth-order valence-electron chi connectivity index (χ4n) is 9.11. The minimum Gasteiger partial charge on any atom is -0.340 e. The van der Waals surface area contributed by atoms with Crippen molar-refractivity contribution in [1.29, 1.82) is 0 Å². The van der Waals surface area contributed by atoms with Gasteiger partial charge in [-0.05, 0) is 85.4 Å².